The predicted octanol–water partition coefficient (Wildman–Crippen LogP) is 1.21. The van der Waals surface area contributed by atoms with Gasteiger partial charge in [-0.2, -0.15) is 0 Å². The normalized spacial score (nSPS) is 19.6. The quantitative estimate of drug-likeness (QED) is 0.852. The molecule has 1 aliphatic heterocycles. The number of amides is 2. The Labute approximate surface area is 107 Å². The number of piperazine rings is 1. The molecule has 0 aliphatic carbocycles. The van der Waals surface area contributed by atoms with Crippen LogP contribution in [0.1, 0.15) is 29.8 Å². The molecule has 1 aromatic carbocycles. The molecule has 1 saturated heterocycles. The number of nitrogens with one attached hydrogen (secondary N) is 1. The van der Waals surface area contributed by atoms with Crippen molar-refractivity contribution in [1.82, 2.24) is 10.2 Å². The molecule has 2 amide bonds. The number of rotatable bonds is 2. The zero-order valence-electron chi connectivity index (χ0n) is 10.8. The van der Waals surface area contributed by atoms with Gasteiger partial charge in [-0.25, -0.2) is 0 Å². The van der Waals surface area contributed by atoms with Crippen molar-refractivity contribution >= 4 is 11.8 Å². The van der Waals surface area contributed by atoms with E-state index in [2.05, 4.69) is 12.2 Å². The van der Waals surface area contributed by atoms with Gasteiger partial charge in [0.05, 0.1) is 0 Å². The van der Waals surface area contributed by atoms with Crippen LogP contribution in [0, 0.1) is 0 Å². The zero-order chi connectivity index (χ0) is 13.1. The lowest BCUT2D eigenvalue weighted by Gasteiger charge is -2.32. The van der Waals surface area contributed by atoms with Crippen LogP contribution in [0.4, 0.5) is 0 Å². The van der Waals surface area contributed by atoms with Gasteiger partial charge in [-0.15, -0.1) is 0 Å². The first-order valence-corrected chi connectivity index (χ1v) is 6.31. The Balaban J connectivity index is 2.16. The van der Waals surface area contributed by atoms with Crippen LogP contribution in [0.25, 0.3) is 0 Å². The molecular formula is C14H18N2O2. The summed E-state index contributed by atoms with van der Waals surface area (Å²) in [5, 5.41) is 2.75. The lowest BCUT2D eigenvalue weighted by atomic mass is 10.1. The molecule has 4 heteroatoms. The van der Waals surface area contributed by atoms with Crippen molar-refractivity contribution in [1.29, 1.82) is 0 Å². The van der Waals surface area contributed by atoms with E-state index in [0.717, 1.165) is 6.42 Å². The largest absolute Gasteiger partial charge is 0.353 e. The molecule has 1 aromatic rings. The van der Waals surface area contributed by atoms with Gasteiger partial charge in [0.15, 0.2) is 0 Å². The molecule has 0 bridgehead atoms. The molecule has 96 valence electrons. The number of carbonyl (C=O) groups is 2. The standard InChI is InChI=1S/C14H18N2O2/c1-3-11-4-6-12(7-5-11)14(18)16-9-8-15-13(17)10(16)2/h4-7,10H,3,8-9H2,1-2H3,(H,15,17). The van der Waals surface area contributed by atoms with Crippen molar-refractivity contribution in [2.45, 2.75) is 26.3 Å². The molecule has 1 atom stereocenters. The number of benzene rings is 1. The monoisotopic (exact) mass is 246 g/mol. The molecule has 1 heterocycles. The van der Waals surface area contributed by atoms with Gasteiger partial charge in [0.25, 0.3) is 5.91 Å². The van der Waals surface area contributed by atoms with E-state index in [9.17, 15) is 9.59 Å². The maximum absolute atomic E-state index is 12.3. The molecule has 1 N–H and O–H groups in total. The Morgan fingerprint density at radius 3 is 2.67 bits per heavy atom. The molecule has 4 nitrogen and oxygen atoms in total. The second-order valence-electron chi connectivity index (χ2n) is 4.52. The molecule has 1 unspecified atom stereocenters. The molecule has 0 saturated carbocycles. The molecule has 0 spiro atoms. The van der Waals surface area contributed by atoms with E-state index in [0.29, 0.717) is 18.7 Å². The third-order valence-corrected chi connectivity index (χ3v) is 3.37. The van der Waals surface area contributed by atoms with Gasteiger partial charge in [0.2, 0.25) is 5.91 Å². The van der Waals surface area contributed by atoms with Gasteiger partial charge in [-0.3, -0.25) is 9.59 Å². The van der Waals surface area contributed by atoms with Gasteiger partial charge < -0.3 is 10.2 Å². The topological polar surface area (TPSA) is 49.4 Å². The fraction of sp³-hybridized carbons (Fsp3) is 0.429. The summed E-state index contributed by atoms with van der Waals surface area (Å²) in [5.74, 6) is -0.153. The van der Waals surface area contributed by atoms with Crippen molar-refractivity contribution in [2.75, 3.05) is 13.1 Å². The maximum Gasteiger partial charge on any atom is 0.254 e. The van der Waals surface area contributed by atoms with E-state index in [4.69, 9.17) is 0 Å². The second-order valence-corrected chi connectivity index (χ2v) is 4.52. The van der Waals surface area contributed by atoms with Crippen molar-refractivity contribution in [3.63, 3.8) is 0 Å². The number of nitrogens with zero attached hydrogens (tertiary/aromatic N) is 1. The van der Waals surface area contributed by atoms with Crippen LogP contribution >= 0.6 is 0 Å². The van der Waals surface area contributed by atoms with Crippen molar-refractivity contribution < 1.29 is 9.59 Å². The molecule has 0 radical (unpaired) electrons. The first-order valence-electron chi connectivity index (χ1n) is 6.31. The summed E-state index contributed by atoms with van der Waals surface area (Å²) in [6.07, 6.45) is 0.955. The predicted molar refractivity (Wildman–Crippen MR) is 69.3 cm³/mol. The first-order chi connectivity index (χ1) is 8.63. The minimum absolute atomic E-state index is 0.0694. The summed E-state index contributed by atoms with van der Waals surface area (Å²) in [4.78, 5) is 25.5. The Morgan fingerprint density at radius 1 is 1.39 bits per heavy atom. The SMILES string of the molecule is CCc1ccc(C(=O)N2CCNC(=O)C2C)cc1. The molecule has 0 aromatic heterocycles. The highest BCUT2D eigenvalue weighted by Crippen LogP contribution is 2.12. The van der Waals surface area contributed by atoms with Crippen molar-refractivity contribution in [3.05, 3.63) is 35.4 Å². The Hall–Kier alpha value is -1.84. The summed E-state index contributed by atoms with van der Waals surface area (Å²) in [6, 6.07) is 7.20. The number of carbonyl (C=O) groups excluding carboxylic acids is 2. The van der Waals surface area contributed by atoms with Crippen LogP contribution in [-0.2, 0) is 11.2 Å². The van der Waals surface area contributed by atoms with Crippen LogP contribution < -0.4 is 5.32 Å². The fourth-order valence-corrected chi connectivity index (χ4v) is 2.11. The summed E-state index contributed by atoms with van der Waals surface area (Å²) in [5.41, 5.74) is 1.85. The van der Waals surface area contributed by atoms with Crippen LogP contribution in [0.15, 0.2) is 24.3 Å². The van der Waals surface area contributed by atoms with Gasteiger partial charge >= 0.3 is 0 Å². The van der Waals surface area contributed by atoms with Gasteiger partial charge in [-0.05, 0) is 31.0 Å². The van der Waals surface area contributed by atoms with Crippen LogP contribution in [0.5, 0.6) is 0 Å². The maximum atomic E-state index is 12.3. The Morgan fingerprint density at radius 2 is 2.06 bits per heavy atom. The molecule has 1 aliphatic rings. The summed E-state index contributed by atoms with van der Waals surface area (Å²) < 4.78 is 0. The Bertz CT molecular complexity index is 453. The Kier molecular flexibility index (Phi) is 3.65. The number of hydrogen-bond donors (Lipinski definition) is 1. The zero-order valence-corrected chi connectivity index (χ0v) is 10.8. The van der Waals surface area contributed by atoms with Crippen molar-refractivity contribution in [3.8, 4) is 0 Å². The highest BCUT2D eigenvalue weighted by atomic mass is 16.2. The van der Waals surface area contributed by atoms with Crippen LogP contribution in [-0.4, -0.2) is 35.8 Å². The van der Waals surface area contributed by atoms with E-state index in [1.54, 1.807) is 11.8 Å². The summed E-state index contributed by atoms with van der Waals surface area (Å²) in [7, 11) is 0. The lowest BCUT2D eigenvalue weighted by Crippen LogP contribution is -2.55. The minimum atomic E-state index is -0.392. The highest BCUT2D eigenvalue weighted by molar-refractivity contribution is 5.98. The number of hydrogen-bond acceptors (Lipinski definition) is 2. The third kappa shape index (κ3) is 2.37. The highest BCUT2D eigenvalue weighted by Gasteiger charge is 2.29. The van der Waals surface area contributed by atoms with E-state index < -0.39 is 6.04 Å². The van der Waals surface area contributed by atoms with Gasteiger partial charge in [0, 0.05) is 18.7 Å². The van der Waals surface area contributed by atoms with Crippen LogP contribution in [0.3, 0.4) is 0 Å². The average molecular weight is 246 g/mol. The molecule has 2 rings (SSSR count). The van der Waals surface area contributed by atoms with Crippen molar-refractivity contribution in [2.24, 2.45) is 0 Å². The van der Waals surface area contributed by atoms with E-state index >= 15 is 0 Å². The lowest BCUT2D eigenvalue weighted by molar-refractivity contribution is -0.127. The van der Waals surface area contributed by atoms with E-state index in [-0.39, 0.29) is 11.8 Å². The van der Waals surface area contributed by atoms with Gasteiger partial charge in [-0.1, -0.05) is 19.1 Å². The summed E-state index contributed by atoms with van der Waals surface area (Å²) in [6.45, 7) is 4.93. The smallest absolute Gasteiger partial charge is 0.254 e. The number of aryl methyl sites for hydroxylation is 1. The minimum Gasteiger partial charge on any atom is -0.353 e. The third-order valence-electron chi connectivity index (χ3n) is 3.37. The molecular weight excluding hydrogens is 228 g/mol. The van der Waals surface area contributed by atoms with E-state index in [1.165, 1.54) is 5.56 Å². The van der Waals surface area contributed by atoms with Crippen LogP contribution in [0.2, 0.25) is 0 Å². The molecule has 1 fully saturated rings. The fourth-order valence-electron chi connectivity index (χ4n) is 2.11. The first kappa shape index (κ1) is 12.6. The second kappa shape index (κ2) is 5.21. The van der Waals surface area contributed by atoms with Gasteiger partial charge in [0.1, 0.15) is 6.04 Å². The molecule has 18 heavy (non-hydrogen) atoms. The summed E-state index contributed by atoms with van der Waals surface area (Å²) >= 11 is 0. The van der Waals surface area contributed by atoms with E-state index in [1.807, 2.05) is 24.3 Å². The average Bonchev–Trinajstić information content (AvgIpc) is 2.41.